The van der Waals surface area contributed by atoms with E-state index in [9.17, 15) is 0 Å². The Morgan fingerprint density at radius 3 is 2.71 bits per heavy atom. The lowest BCUT2D eigenvalue weighted by Crippen LogP contribution is -2.42. The lowest BCUT2D eigenvalue weighted by Gasteiger charge is -2.31. The number of likely N-dealkylation sites (tertiary alicyclic amines) is 1. The molecule has 0 radical (unpaired) electrons. The third kappa shape index (κ3) is 4.38. The van der Waals surface area contributed by atoms with Crippen LogP contribution in [0.4, 0.5) is 0 Å². The van der Waals surface area contributed by atoms with Crippen molar-refractivity contribution in [2.75, 3.05) is 19.7 Å². The zero-order valence-corrected chi connectivity index (χ0v) is 13.4. The number of aliphatic imine (C=N–C) groups is 1. The van der Waals surface area contributed by atoms with Gasteiger partial charge in [-0.05, 0) is 49.8 Å². The van der Waals surface area contributed by atoms with Gasteiger partial charge >= 0.3 is 0 Å². The van der Waals surface area contributed by atoms with Crippen LogP contribution in [0.25, 0.3) is 0 Å². The highest BCUT2D eigenvalue weighted by Crippen LogP contribution is 2.20. The summed E-state index contributed by atoms with van der Waals surface area (Å²) in [4.78, 5) is 6.74. The number of nitrogens with two attached hydrogens (primary N) is 1. The molecule has 2 N–H and O–H groups in total. The van der Waals surface area contributed by atoms with Crippen molar-refractivity contribution in [1.82, 2.24) is 4.90 Å². The summed E-state index contributed by atoms with van der Waals surface area (Å²) in [7, 11) is 0. The molecule has 1 aliphatic rings. The lowest BCUT2D eigenvalue weighted by atomic mass is 10.00. The molecular formula is C17H27N3O. The average Bonchev–Trinajstić information content (AvgIpc) is 2.48. The molecule has 1 fully saturated rings. The summed E-state index contributed by atoms with van der Waals surface area (Å²) in [6.07, 6.45) is 2.41. The van der Waals surface area contributed by atoms with Crippen molar-refractivity contribution in [3.8, 4) is 5.75 Å². The Kier molecular flexibility index (Phi) is 5.48. The van der Waals surface area contributed by atoms with E-state index in [4.69, 9.17) is 10.5 Å². The Labute approximate surface area is 128 Å². The molecule has 0 unspecified atom stereocenters. The van der Waals surface area contributed by atoms with Gasteiger partial charge in [0.2, 0.25) is 0 Å². The van der Waals surface area contributed by atoms with Gasteiger partial charge in [0.25, 0.3) is 0 Å². The fourth-order valence-corrected chi connectivity index (χ4v) is 2.64. The summed E-state index contributed by atoms with van der Waals surface area (Å²) in [5.41, 5.74) is 8.43. The minimum atomic E-state index is 0.630. The standard InChI is InChI=1S/C17H27N3O/c1-4-21-16-6-5-15(11-14(16)3)12-19-17(18)20-9-7-13(2)8-10-20/h5-6,11,13H,4,7-10,12H2,1-3H3,(H2,18,19). The van der Waals surface area contributed by atoms with Crippen molar-refractivity contribution in [3.63, 3.8) is 0 Å². The van der Waals surface area contributed by atoms with E-state index in [0.29, 0.717) is 19.1 Å². The average molecular weight is 289 g/mol. The first-order valence-electron chi connectivity index (χ1n) is 7.87. The van der Waals surface area contributed by atoms with Crippen molar-refractivity contribution in [2.45, 2.75) is 40.2 Å². The monoisotopic (exact) mass is 289 g/mol. The van der Waals surface area contributed by atoms with Crippen molar-refractivity contribution in [2.24, 2.45) is 16.6 Å². The van der Waals surface area contributed by atoms with Gasteiger partial charge in [0.15, 0.2) is 5.96 Å². The Morgan fingerprint density at radius 1 is 1.38 bits per heavy atom. The molecule has 2 rings (SSSR count). The SMILES string of the molecule is CCOc1ccc(CN=C(N)N2CCC(C)CC2)cc1C. The molecule has 1 aromatic carbocycles. The molecule has 1 saturated heterocycles. The lowest BCUT2D eigenvalue weighted by molar-refractivity contribution is 0.277. The molecule has 4 heteroatoms. The van der Waals surface area contributed by atoms with Crippen LogP contribution in [-0.2, 0) is 6.54 Å². The third-order valence-electron chi connectivity index (χ3n) is 4.07. The summed E-state index contributed by atoms with van der Waals surface area (Å²) < 4.78 is 5.55. The van der Waals surface area contributed by atoms with E-state index in [0.717, 1.165) is 30.3 Å². The van der Waals surface area contributed by atoms with Crippen molar-refractivity contribution in [3.05, 3.63) is 29.3 Å². The first-order chi connectivity index (χ1) is 10.1. The number of aryl methyl sites for hydroxylation is 1. The summed E-state index contributed by atoms with van der Waals surface area (Å²) in [5.74, 6) is 2.43. The summed E-state index contributed by atoms with van der Waals surface area (Å²) in [6, 6.07) is 6.20. The predicted molar refractivity (Wildman–Crippen MR) is 87.6 cm³/mol. The Balaban J connectivity index is 1.95. The predicted octanol–water partition coefficient (Wildman–Crippen LogP) is 2.94. The number of hydrogen-bond acceptors (Lipinski definition) is 2. The van der Waals surface area contributed by atoms with Crippen molar-refractivity contribution in [1.29, 1.82) is 0 Å². The van der Waals surface area contributed by atoms with E-state index < -0.39 is 0 Å². The number of nitrogens with zero attached hydrogens (tertiary/aromatic N) is 2. The maximum atomic E-state index is 6.11. The highest BCUT2D eigenvalue weighted by atomic mass is 16.5. The van der Waals surface area contributed by atoms with Crippen LogP contribution in [0.3, 0.4) is 0 Å². The zero-order chi connectivity index (χ0) is 15.2. The fraction of sp³-hybridized carbons (Fsp3) is 0.588. The number of hydrogen-bond donors (Lipinski definition) is 1. The molecule has 0 atom stereocenters. The molecule has 0 aromatic heterocycles. The fourth-order valence-electron chi connectivity index (χ4n) is 2.64. The van der Waals surface area contributed by atoms with Gasteiger partial charge in [0.1, 0.15) is 5.75 Å². The summed E-state index contributed by atoms with van der Waals surface area (Å²) >= 11 is 0. The first-order valence-corrected chi connectivity index (χ1v) is 7.87. The van der Waals surface area contributed by atoms with Crippen LogP contribution in [-0.4, -0.2) is 30.6 Å². The zero-order valence-electron chi connectivity index (χ0n) is 13.4. The van der Waals surface area contributed by atoms with Gasteiger partial charge in [-0.25, -0.2) is 4.99 Å². The molecule has 4 nitrogen and oxygen atoms in total. The van der Waals surface area contributed by atoms with Gasteiger partial charge in [-0.1, -0.05) is 19.1 Å². The molecule has 0 aliphatic carbocycles. The van der Waals surface area contributed by atoms with E-state index in [-0.39, 0.29) is 0 Å². The van der Waals surface area contributed by atoms with Crippen LogP contribution in [0.5, 0.6) is 5.75 Å². The number of guanidine groups is 1. The molecule has 0 amide bonds. The van der Waals surface area contributed by atoms with Crippen molar-refractivity contribution >= 4 is 5.96 Å². The van der Waals surface area contributed by atoms with E-state index in [2.05, 4.69) is 35.9 Å². The normalized spacial score (nSPS) is 17.1. The topological polar surface area (TPSA) is 50.9 Å². The van der Waals surface area contributed by atoms with E-state index in [1.165, 1.54) is 18.4 Å². The molecule has 1 heterocycles. The number of piperidine rings is 1. The van der Waals surface area contributed by atoms with Gasteiger partial charge in [-0.3, -0.25) is 0 Å². The van der Waals surface area contributed by atoms with Gasteiger partial charge in [-0.2, -0.15) is 0 Å². The van der Waals surface area contributed by atoms with Crippen molar-refractivity contribution < 1.29 is 4.74 Å². The highest BCUT2D eigenvalue weighted by Gasteiger charge is 2.16. The van der Waals surface area contributed by atoms with Crippen LogP contribution >= 0.6 is 0 Å². The van der Waals surface area contributed by atoms with Crippen LogP contribution in [0.15, 0.2) is 23.2 Å². The second-order valence-corrected chi connectivity index (χ2v) is 5.88. The molecule has 0 saturated carbocycles. The summed E-state index contributed by atoms with van der Waals surface area (Å²) in [6.45, 7) is 9.74. The smallest absolute Gasteiger partial charge is 0.191 e. The van der Waals surface area contributed by atoms with Gasteiger partial charge < -0.3 is 15.4 Å². The van der Waals surface area contributed by atoms with Crippen LogP contribution in [0, 0.1) is 12.8 Å². The second-order valence-electron chi connectivity index (χ2n) is 5.88. The molecular weight excluding hydrogens is 262 g/mol. The van der Waals surface area contributed by atoms with Crippen LogP contribution < -0.4 is 10.5 Å². The minimum absolute atomic E-state index is 0.630. The molecule has 1 aliphatic heterocycles. The van der Waals surface area contributed by atoms with Gasteiger partial charge in [-0.15, -0.1) is 0 Å². The number of ether oxygens (including phenoxy) is 1. The van der Waals surface area contributed by atoms with Crippen LogP contribution in [0.1, 0.15) is 37.8 Å². The number of rotatable bonds is 4. The largest absolute Gasteiger partial charge is 0.494 e. The van der Waals surface area contributed by atoms with Gasteiger partial charge in [0.05, 0.1) is 13.2 Å². The highest BCUT2D eigenvalue weighted by molar-refractivity contribution is 5.78. The van der Waals surface area contributed by atoms with E-state index in [1.807, 2.05) is 13.0 Å². The molecule has 0 spiro atoms. The Hall–Kier alpha value is -1.71. The molecule has 1 aromatic rings. The maximum Gasteiger partial charge on any atom is 0.191 e. The maximum absolute atomic E-state index is 6.11. The Morgan fingerprint density at radius 2 is 2.10 bits per heavy atom. The minimum Gasteiger partial charge on any atom is -0.494 e. The number of benzene rings is 1. The Bertz CT molecular complexity index is 491. The molecule has 0 bridgehead atoms. The van der Waals surface area contributed by atoms with E-state index in [1.54, 1.807) is 0 Å². The van der Waals surface area contributed by atoms with E-state index >= 15 is 0 Å². The quantitative estimate of drug-likeness (QED) is 0.685. The molecule has 116 valence electrons. The molecule has 21 heavy (non-hydrogen) atoms. The van der Waals surface area contributed by atoms with Crippen LogP contribution in [0.2, 0.25) is 0 Å². The second kappa shape index (κ2) is 7.34. The summed E-state index contributed by atoms with van der Waals surface area (Å²) in [5, 5.41) is 0. The first kappa shape index (κ1) is 15.7. The third-order valence-corrected chi connectivity index (χ3v) is 4.07. The van der Waals surface area contributed by atoms with Gasteiger partial charge in [0, 0.05) is 13.1 Å².